The second-order valence-corrected chi connectivity index (χ2v) is 5.58. The highest BCUT2D eigenvalue weighted by atomic mass is 16.7. The normalized spacial score (nSPS) is 21.1. The number of rotatable bonds is 4. The number of benzene rings is 1. The van der Waals surface area contributed by atoms with E-state index in [2.05, 4.69) is 0 Å². The van der Waals surface area contributed by atoms with Gasteiger partial charge in [-0.05, 0) is 43.4 Å². The van der Waals surface area contributed by atoms with Gasteiger partial charge in [-0.2, -0.15) is 10.1 Å². The molecule has 2 aliphatic heterocycles. The third-order valence-corrected chi connectivity index (χ3v) is 4.01. The summed E-state index contributed by atoms with van der Waals surface area (Å²) >= 11 is 0. The second kappa shape index (κ2) is 7.15. The van der Waals surface area contributed by atoms with Crippen LogP contribution in [-0.4, -0.2) is 41.4 Å². The average molecular weight is 307 g/mol. The number of hydroxylamine groups is 4. The standard InChI is InChI=1S/C15H21N3O4/c19-18(20)14-7-5-13(6-8-14)15(16-9-1-3-11-21-16)17-10-2-4-12-22-17/h5-8,15H,1-4,9-12H2. The lowest BCUT2D eigenvalue weighted by Gasteiger charge is -2.41. The second-order valence-electron chi connectivity index (χ2n) is 5.58. The molecule has 0 saturated carbocycles. The van der Waals surface area contributed by atoms with E-state index >= 15 is 0 Å². The van der Waals surface area contributed by atoms with Crippen molar-refractivity contribution in [3.63, 3.8) is 0 Å². The molecule has 1 aromatic carbocycles. The zero-order valence-electron chi connectivity index (χ0n) is 12.5. The highest BCUT2D eigenvalue weighted by Gasteiger charge is 2.31. The van der Waals surface area contributed by atoms with E-state index in [1.807, 2.05) is 10.1 Å². The maximum absolute atomic E-state index is 10.8. The molecule has 120 valence electrons. The third kappa shape index (κ3) is 3.44. The Morgan fingerprint density at radius 3 is 1.91 bits per heavy atom. The Kier molecular flexibility index (Phi) is 4.99. The summed E-state index contributed by atoms with van der Waals surface area (Å²) in [6.07, 6.45) is 4.13. The molecule has 0 aromatic heterocycles. The van der Waals surface area contributed by atoms with E-state index in [4.69, 9.17) is 9.68 Å². The first-order valence-electron chi connectivity index (χ1n) is 7.79. The van der Waals surface area contributed by atoms with Crippen molar-refractivity contribution in [3.8, 4) is 0 Å². The highest BCUT2D eigenvalue weighted by molar-refractivity contribution is 5.34. The molecule has 2 aliphatic rings. The predicted molar refractivity (Wildman–Crippen MR) is 79.6 cm³/mol. The summed E-state index contributed by atoms with van der Waals surface area (Å²) < 4.78 is 0. The summed E-state index contributed by atoms with van der Waals surface area (Å²) in [6, 6.07) is 6.66. The van der Waals surface area contributed by atoms with E-state index in [1.165, 1.54) is 12.1 Å². The van der Waals surface area contributed by atoms with Crippen molar-refractivity contribution in [1.29, 1.82) is 0 Å². The number of hydrogen-bond acceptors (Lipinski definition) is 6. The molecule has 0 spiro atoms. The molecule has 2 heterocycles. The highest BCUT2D eigenvalue weighted by Crippen LogP contribution is 2.30. The molecular formula is C15H21N3O4. The van der Waals surface area contributed by atoms with E-state index in [9.17, 15) is 10.1 Å². The summed E-state index contributed by atoms with van der Waals surface area (Å²) in [7, 11) is 0. The molecule has 0 unspecified atom stereocenters. The van der Waals surface area contributed by atoms with Crippen LogP contribution in [0.4, 0.5) is 5.69 Å². The van der Waals surface area contributed by atoms with Crippen LogP contribution in [0.15, 0.2) is 24.3 Å². The van der Waals surface area contributed by atoms with Gasteiger partial charge >= 0.3 is 0 Å². The van der Waals surface area contributed by atoms with Crippen LogP contribution >= 0.6 is 0 Å². The molecule has 2 fully saturated rings. The van der Waals surface area contributed by atoms with Gasteiger partial charge in [0.15, 0.2) is 0 Å². The van der Waals surface area contributed by atoms with Gasteiger partial charge in [0.1, 0.15) is 6.17 Å². The Bertz CT molecular complexity index is 478. The fourth-order valence-electron chi connectivity index (χ4n) is 2.86. The maximum atomic E-state index is 10.8. The molecule has 0 aliphatic carbocycles. The number of nitro benzene ring substituents is 1. The molecule has 22 heavy (non-hydrogen) atoms. The third-order valence-electron chi connectivity index (χ3n) is 4.01. The molecule has 0 atom stereocenters. The molecule has 7 nitrogen and oxygen atoms in total. The van der Waals surface area contributed by atoms with Crippen molar-refractivity contribution in [2.24, 2.45) is 0 Å². The van der Waals surface area contributed by atoms with Crippen LogP contribution in [0.2, 0.25) is 0 Å². The lowest BCUT2D eigenvalue weighted by molar-refractivity contribution is -0.384. The molecule has 2 saturated heterocycles. The number of nitrogens with zero attached hydrogens (tertiary/aromatic N) is 3. The number of non-ortho nitro benzene ring substituents is 1. The topological polar surface area (TPSA) is 68.1 Å². The van der Waals surface area contributed by atoms with Gasteiger partial charge in [-0.15, -0.1) is 0 Å². The smallest absolute Gasteiger partial charge is 0.269 e. The first-order valence-corrected chi connectivity index (χ1v) is 7.79. The summed E-state index contributed by atoms with van der Waals surface area (Å²) in [5.41, 5.74) is 1.05. The SMILES string of the molecule is O=[N+]([O-])c1ccc(C(N2CCCCO2)N2CCCCO2)cc1. The first-order chi connectivity index (χ1) is 10.8. The van der Waals surface area contributed by atoms with Gasteiger partial charge in [0.05, 0.1) is 18.1 Å². The molecule has 0 N–H and O–H groups in total. The molecule has 7 heteroatoms. The molecule has 3 rings (SSSR count). The van der Waals surface area contributed by atoms with E-state index < -0.39 is 0 Å². The van der Waals surface area contributed by atoms with Gasteiger partial charge in [0.2, 0.25) is 0 Å². The first kappa shape index (κ1) is 15.4. The summed E-state index contributed by atoms with van der Waals surface area (Å²) in [5, 5.41) is 14.7. The fourth-order valence-corrected chi connectivity index (χ4v) is 2.86. The Labute approximate surface area is 129 Å². The largest absolute Gasteiger partial charge is 0.297 e. The molecule has 0 amide bonds. The monoisotopic (exact) mass is 307 g/mol. The van der Waals surface area contributed by atoms with Crippen LogP contribution in [0.3, 0.4) is 0 Å². The Morgan fingerprint density at radius 2 is 1.50 bits per heavy atom. The molecule has 1 aromatic rings. The summed E-state index contributed by atoms with van der Waals surface area (Å²) in [4.78, 5) is 22.0. The summed E-state index contributed by atoms with van der Waals surface area (Å²) in [5.74, 6) is 0. The van der Waals surface area contributed by atoms with Crippen molar-refractivity contribution in [2.75, 3.05) is 26.3 Å². The van der Waals surface area contributed by atoms with Crippen LogP contribution in [0.1, 0.15) is 37.4 Å². The molecular weight excluding hydrogens is 286 g/mol. The van der Waals surface area contributed by atoms with Crippen LogP contribution in [0.5, 0.6) is 0 Å². The molecule has 0 radical (unpaired) electrons. The Balaban J connectivity index is 1.84. The van der Waals surface area contributed by atoms with Gasteiger partial charge in [0, 0.05) is 25.2 Å². The fraction of sp³-hybridized carbons (Fsp3) is 0.600. The average Bonchev–Trinajstić information content (AvgIpc) is 2.57. The van der Waals surface area contributed by atoms with Crippen LogP contribution in [-0.2, 0) is 9.68 Å². The minimum atomic E-state index is -0.381. The van der Waals surface area contributed by atoms with Gasteiger partial charge in [0.25, 0.3) is 5.69 Å². The summed E-state index contributed by atoms with van der Waals surface area (Å²) in [6.45, 7) is 3.08. The lowest BCUT2D eigenvalue weighted by Crippen LogP contribution is -2.45. The van der Waals surface area contributed by atoms with Crippen molar-refractivity contribution in [1.82, 2.24) is 10.1 Å². The van der Waals surface area contributed by atoms with Crippen molar-refractivity contribution >= 4 is 5.69 Å². The minimum Gasteiger partial charge on any atom is -0.297 e. The maximum Gasteiger partial charge on any atom is 0.269 e. The van der Waals surface area contributed by atoms with Gasteiger partial charge < -0.3 is 0 Å². The predicted octanol–water partition coefficient (Wildman–Crippen LogP) is 2.65. The van der Waals surface area contributed by atoms with Gasteiger partial charge in [-0.3, -0.25) is 19.8 Å². The van der Waals surface area contributed by atoms with Gasteiger partial charge in [-0.25, -0.2) is 0 Å². The lowest BCUT2D eigenvalue weighted by atomic mass is 10.1. The number of nitro groups is 1. The van der Waals surface area contributed by atoms with Crippen LogP contribution in [0.25, 0.3) is 0 Å². The van der Waals surface area contributed by atoms with Crippen molar-refractivity contribution in [2.45, 2.75) is 31.8 Å². The zero-order chi connectivity index (χ0) is 15.4. The van der Waals surface area contributed by atoms with E-state index in [1.54, 1.807) is 12.1 Å². The van der Waals surface area contributed by atoms with Crippen molar-refractivity contribution < 1.29 is 14.6 Å². The van der Waals surface area contributed by atoms with E-state index in [-0.39, 0.29) is 16.8 Å². The minimum absolute atomic E-state index is 0.0987. The Hall–Kier alpha value is -1.54. The van der Waals surface area contributed by atoms with Crippen LogP contribution in [0, 0.1) is 10.1 Å². The quantitative estimate of drug-likeness (QED) is 0.629. The van der Waals surface area contributed by atoms with E-state index in [0.29, 0.717) is 13.2 Å². The Morgan fingerprint density at radius 1 is 0.955 bits per heavy atom. The van der Waals surface area contributed by atoms with Crippen molar-refractivity contribution in [3.05, 3.63) is 39.9 Å². The van der Waals surface area contributed by atoms with Crippen LogP contribution < -0.4 is 0 Å². The van der Waals surface area contributed by atoms with Gasteiger partial charge in [-0.1, -0.05) is 0 Å². The van der Waals surface area contributed by atoms with E-state index in [0.717, 1.165) is 44.3 Å². The number of hydrogen-bond donors (Lipinski definition) is 0. The zero-order valence-corrected chi connectivity index (χ0v) is 12.5. The molecule has 0 bridgehead atoms.